The molecule has 4 aromatic rings. The van der Waals surface area contributed by atoms with E-state index in [-0.39, 0.29) is 16.6 Å². The number of likely N-dealkylation sites (N-methyl/N-ethyl adjacent to an activating group) is 1. The van der Waals surface area contributed by atoms with Gasteiger partial charge in [0.2, 0.25) is 5.95 Å². The molecule has 0 amide bonds. The molecule has 0 unspecified atom stereocenters. The number of nitrogens with one attached hydrogen (secondary N) is 1. The highest BCUT2D eigenvalue weighted by Crippen LogP contribution is 2.41. The summed E-state index contributed by atoms with van der Waals surface area (Å²) in [6, 6.07) is 11.4. The second-order valence-corrected chi connectivity index (χ2v) is 10.1. The van der Waals surface area contributed by atoms with Crippen LogP contribution in [0.4, 0.5) is 23.0 Å². The van der Waals surface area contributed by atoms with E-state index in [1.165, 1.54) is 19.4 Å². The molecule has 1 atom stereocenters. The van der Waals surface area contributed by atoms with Crippen molar-refractivity contribution in [2.75, 3.05) is 51.1 Å². The van der Waals surface area contributed by atoms with Gasteiger partial charge in [0.05, 0.1) is 47.2 Å². The topological polar surface area (TPSA) is 135 Å². The molecule has 1 fully saturated rings. The highest BCUT2D eigenvalue weighted by molar-refractivity contribution is 5.99. The molecule has 2 aliphatic rings. The largest absolute Gasteiger partial charge is 0.494 e. The van der Waals surface area contributed by atoms with Crippen LogP contribution in [0.1, 0.15) is 12.0 Å². The summed E-state index contributed by atoms with van der Waals surface area (Å²) in [6.07, 6.45) is 4.34. The fourth-order valence-electron chi connectivity index (χ4n) is 5.52. The summed E-state index contributed by atoms with van der Waals surface area (Å²) in [5.74, 6) is 1.40. The van der Waals surface area contributed by atoms with Crippen LogP contribution >= 0.6 is 0 Å². The van der Waals surface area contributed by atoms with Gasteiger partial charge in [0, 0.05) is 48.4 Å². The fraction of sp³-hybridized carbons (Fsp3) is 0.321. The minimum atomic E-state index is -0.385. The monoisotopic (exact) mass is 540 g/mol. The number of anilines is 3. The lowest BCUT2D eigenvalue weighted by molar-refractivity contribution is -0.384. The highest BCUT2D eigenvalue weighted by Gasteiger charge is 2.30. The van der Waals surface area contributed by atoms with Gasteiger partial charge in [-0.15, -0.1) is 0 Å². The van der Waals surface area contributed by atoms with Crippen molar-refractivity contribution in [3.05, 3.63) is 58.4 Å². The average Bonchev–Trinajstić information content (AvgIpc) is 3.60. The zero-order chi connectivity index (χ0) is 28.0. The fourth-order valence-corrected chi connectivity index (χ4v) is 5.52. The molecule has 2 aromatic carbocycles. The van der Waals surface area contributed by atoms with Crippen LogP contribution in [0.2, 0.25) is 0 Å². The van der Waals surface area contributed by atoms with Gasteiger partial charge in [-0.05, 0) is 26.6 Å². The van der Waals surface area contributed by atoms with Crippen LogP contribution in [-0.2, 0) is 6.54 Å². The highest BCUT2D eigenvalue weighted by atomic mass is 16.6. The van der Waals surface area contributed by atoms with Crippen LogP contribution in [0.3, 0.4) is 0 Å². The Hall–Kier alpha value is -4.89. The zero-order valence-corrected chi connectivity index (χ0v) is 22.4. The molecule has 40 heavy (non-hydrogen) atoms. The Morgan fingerprint density at radius 3 is 2.88 bits per heavy atom. The lowest BCUT2D eigenvalue weighted by atomic mass is 10.1. The van der Waals surface area contributed by atoms with Crippen molar-refractivity contribution >= 4 is 33.9 Å². The minimum Gasteiger partial charge on any atom is -0.494 e. The summed E-state index contributed by atoms with van der Waals surface area (Å²) in [6.45, 7) is 2.64. The first-order valence-electron chi connectivity index (χ1n) is 12.9. The van der Waals surface area contributed by atoms with Gasteiger partial charge in [-0.25, -0.2) is 9.97 Å². The first-order chi connectivity index (χ1) is 19.4. The molecule has 0 bridgehead atoms. The predicted molar refractivity (Wildman–Crippen MR) is 150 cm³/mol. The summed E-state index contributed by atoms with van der Waals surface area (Å²) in [5, 5.41) is 26.0. The quantitative estimate of drug-likeness (QED) is 0.269. The van der Waals surface area contributed by atoms with Gasteiger partial charge >= 0.3 is 0 Å². The molecule has 1 saturated heterocycles. The molecule has 12 heteroatoms. The number of hydrogen-bond acceptors (Lipinski definition) is 10. The van der Waals surface area contributed by atoms with Gasteiger partial charge in [0.25, 0.3) is 5.69 Å². The number of para-hydroxylation sites is 1. The van der Waals surface area contributed by atoms with Crippen molar-refractivity contribution in [3.63, 3.8) is 0 Å². The number of rotatable bonds is 7. The van der Waals surface area contributed by atoms with Gasteiger partial charge in [0.15, 0.2) is 0 Å². The third-order valence-electron chi connectivity index (χ3n) is 7.59. The van der Waals surface area contributed by atoms with Gasteiger partial charge in [-0.3, -0.25) is 10.1 Å². The smallest absolute Gasteiger partial charge is 0.294 e. The Balaban J connectivity index is 1.40. The molecule has 0 aliphatic carbocycles. The molecule has 4 heterocycles. The van der Waals surface area contributed by atoms with Gasteiger partial charge in [-0.1, -0.05) is 12.1 Å². The first-order valence-corrected chi connectivity index (χ1v) is 12.9. The number of ether oxygens (including phenoxy) is 2. The van der Waals surface area contributed by atoms with Crippen LogP contribution in [0, 0.1) is 21.4 Å². The van der Waals surface area contributed by atoms with Crippen LogP contribution in [0.25, 0.3) is 22.2 Å². The molecule has 6 rings (SSSR count). The molecular formula is C28H28N8O4. The second-order valence-electron chi connectivity index (χ2n) is 10.1. The number of hydrogen-bond donors (Lipinski definition) is 1. The summed E-state index contributed by atoms with van der Waals surface area (Å²) in [7, 11) is 5.55. The molecule has 204 valence electrons. The maximum Gasteiger partial charge on any atom is 0.294 e. The van der Waals surface area contributed by atoms with Crippen LogP contribution in [-0.4, -0.2) is 71.3 Å². The van der Waals surface area contributed by atoms with E-state index in [1.807, 2.05) is 43.4 Å². The molecule has 2 aliphatic heterocycles. The summed E-state index contributed by atoms with van der Waals surface area (Å²) in [5.41, 5.74) is 3.33. The Kier molecular flexibility index (Phi) is 6.36. The van der Waals surface area contributed by atoms with E-state index in [0.29, 0.717) is 60.7 Å². The molecular weight excluding hydrogens is 512 g/mol. The van der Waals surface area contributed by atoms with Crippen molar-refractivity contribution in [3.8, 4) is 28.8 Å². The average molecular weight is 541 g/mol. The molecule has 1 N–H and O–H groups in total. The minimum absolute atomic E-state index is 0.0365. The van der Waals surface area contributed by atoms with E-state index in [2.05, 4.69) is 25.8 Å². The maximum absolute atomic E-state index is 12.1. The Morgan fingerprint density at radius 1 is 1.30 bits per heavy atom. The molecule has 0 spiro atoms. The van der Waals surface area contributed by atoms with E-state index >= 15 is 0 Å². The Morgan fingerprint density at radius 2 is 2.15 bits per heavy atom. The second kappa shape index (κ2) is 10.0. The third-order valence-corrected chi connectivity index (χ3v) is 7.59. The molecule has 12 nitrogen and oxygen atoms in total. The van der Waals surface area contributed by atoms with Crippen molar-refractivity contribution in [1.82, 2.24) is 19.4 Å². The molecule has 2 aromatic heterocycles. The number of nitro groups is 1. The van der Waals surface area contributed by atoms with Gasteiger partial charge in [-0.2, -0.15) is 5.26 Å². The standard InChI is InChI=1S/C28H28N8O4/c1-33(2)18-7-8-34(15-18)22-12-25(39-3)21(11-23(22)36(37)38)31-28-30-14-17(13-29)26(32-28)20-16-35-9-10-40-24-6-4-5-19(20)27(24)35/h4-6,11-12,14,16,18H,7-10,15H2,1-3H3,(H,30,31,32)/t18-/m1/s1. The van der Waals surface area contributed by atoms with Crippen molar-refractivity contribution in [2.24, 2.45) is 0 Å². The Bertz CT molecular complexity index is 1680. The lowest BCUT2D eigenvalue weighted by Crippen LogP contribution is -2.31. The van der Waals surface area contributed by atoms with Crippen molar-refractivity contribution in [2.45, 2.75) is 19.0 Å². The number of nitriles is 1. The third kappa shape index (κ3) is 4.30. The van der Waals surface area contributed by atoms with Gasteiger partial charge < -0.3 is 29.2 Å². The number of nitro benzene ring substituents is 1. The summed E-state index contributed by atoms with van der Waals surface area (Å²) in [4.78, 5) is 24.9. The van der Waals surface area contributed by atoms with Crippen LogP contribution in [0.5, 0.6) is 11.5 Å². The maximum atomic E-state index is 12.1. The Labute approximate surface area is 230 Å². The first kappa shape index (κ1) is 25.4. The summed E-state index contributed by atoms with van der Waals surface area (Å²) < 4.78 is 13.6. The number of aromatic nitrogens is 3. The molecule has 0 radical (unpaired) electrons. The van der Waals surface area contributed by atoms with Crippen molar-refractivity contribution in [1.29, 1.82) is 5.26 Å². The van der Waals surface area contributed by atoms with E-state index in [9.17, 15) is 15.4 Å². The predicted octanol–water partition coefficient (Wildman–Crippen LogP) is 4.16. The SMILES string of the molecule is COc1cc(N2CC[C@@H](N(C)C)C2)c([N+](=O)[O-])cc1Nc1ncc(C#N)c(-c2cn3c4c(cccc24)OCC3)n1. The molecule has 0 saturated carbocycles. The summed E-state index contributed by atoms with van der Waals surface area (Å²) >= 11 is 0. The van der Waals surface area contributed by atoms with Crippen LogP contribution in [0.15, 0.2) is 42.7 Å². The van der Waals surface area contributed by atoms with E-state index < -0.39 is 0 Å². The number of nitrogens with zero attached hydrogens (tertiary/aromatic N) is 7. The van der Waals surface area contributed by atoms with E-state index in [0.717, 1.165) is 28.6 Å². The zero-order valence-electron chi connectivity index (χ0n) is 22.4. The van der Waals surface area contributed by atoms with E-state index in [1.54, 1.807) is 6.07 Å². The van der Waals surface area contributed by atoms with Crippen LogP contribution < -0.4 is 19.7 Å². The van der Waals surface area contributed by atoms with Crippen molar-refractivity contribution < 1.29 is 14.4 Å². The lowest BCUT2D eigenvalue weighted by Gasteiger charge is -2.22. The van der Waals surface area contributed by atoms with Gasteiger partial charge in [0.1, 0.15) is 29.9 Å². The normalized spacial score (nSPS) is 16.2. The van der Waals surface area contributed by atoms with E-state index in [4.69, 9.17) is 14.5 Å². The number of benzene rings is 2. The number of methoxy groups -OCH3 is 1.